The van der Waals surface area contributed by atoms with Crippen LogP contribution in [0, 0.1) is 0 Å². The molecule has 0 fully saturated rings. The fourth-order valence-electron chi connectivity index (χ4n) is 1.91. The number of aromatic hydroxyl groups is 1. The summed E-state index contributed by atoms with van der Waals surface area (Å²) < 4.78 is 0. The number of nitrogens with two attached hydrogens (primary N) is 1. The lowest BCUT2D eigenvalue weighted by Crippen LogP contribution is -2.32. The standard InChI is InChI=1S/C16H15NO4/c17-14(16(20)21)9-10-1-3-11(4-2-10)15(19)12-5-7-13(18)8-6-12/h1-8,14,18H,9,17H2,(H,20,21). The van der Waals surface area contributed by atoms with E-state index in [1.807, 2.05) is 0 Å². The number of phenolic OH excluding ortho intramolecular Hbond substituents is 1. The highest BCUT2D eigenvalue weighted by molar-refractivity contribution is 6.09. The molecule has 1 unspecified atom stereocenters. The Hall–Kier alpha value is -2.66. The molecule has 2 aromatic rings. The Morgan fingerprint density at radius 3 is 1.90 bits per heavy atom. The first kappa shape index (κ1) is 14.7. The summed E-state index contributed by atoms with van der Waals surface area (Å²) in [6.07, 6.45) is 0.211. The summed E-state index contributed by atoms with van der Waals surface area (Å²) in [6.45, 7) is 0. The Kier molecular flexibility index (Phi) is 4.35. The monoisotopic (exact) mass is 285 g/mol. The summed E-state index contributed by atoms with van der Waals surface area (Å²) in [4.78, 5) is 22.9. The van der Waals surface area contributed by atoms with Crippen molar-refractivity contribution in [1.29, 1.82) is 0 Å². The second-order valence-corrected chi connectivity index (χ2v) is 4.72. The second-order valence-electron chi connectivity index (χ2n) is 4.72. The minimum atomic E-state index is -1.06. The smallest absolute Gasteiger partial charge is 0.320 e. The molecule has 0 aliphatic rings. The van der Waals surface area contributed by atoms with Crippen LogP contribution in [0.25, 0.3) is 0 Å². The molecular weight excluding hydrogens is 270 g/mol. The number of hydrogen-bond acceptors (Lipinski definition) is 4. The molecule has 0 aliphatic heterocycles. The number of phenols is 1. The average molecular weight is 285 g/mol. The molecule has 0 aromatic heterocycles. The van der Waals surface area contributed by atoms with Gasteiger partial charge in [0.25, 0.3) is 0 Å². The zero-order valence-corrected chi connectivity index (χ0v) is 11.2. The van der Waals surface area contributed by atoms with Gasteiger partial charge in [-0.15, -0.1) is 0 Å². The predicted octanol–water partition coefficient (Wildman–Crippen LogP) is 1.58. The van der Waals surface area contributed by atoms with Gasteiger partial charge in [0.1, 0.15) is 11.8 Å². The van der Waals surface area contributed by atoms with E-state index in [0.29, 0.717) is 11.1 Å². The normalized spacial score (nSPS) is 11.9. The molecule has 0 aliphatic carbocycles. The van der Waals surface area contributed by atoms with Gasteiger partial charge in [0, 0.05) is 11.1 Å². The molecule has 1 atom stereocenters. The molecule has 21 heavy (non-hydrogen) atoms. The van der Waals surface area contributed by atoms with E-state index in [0.717, 1.165) is 5.56 Å². The highest BCUT2D eigenvalue weighted by Crippen LogP contribution is 2.15. The lowest BCUT2D eigenvalue weighted by molar-refractivity contribution is -0.138. The largest absolute Gasteiger partial charge is 0.508 e. The predicted molar refractivity (Wildman–Crippen MR) is 77.3 cm³/mol. The maximum absolute atomic E-state index is 12.2. The fraction of sp³-hybridized carbons (Fsp3) is 0.125. The average Bonchev–Trinajstić information content (AvgIpc) is 2.48. The van der Waals surface area contributed by atoms with Gasteiger partial charge in [0.15, 0.2) is 5.78 Å². The van der Waals surface area contributed by atoms with E-state index < -0.39 is 12.0 Å². The zero-order valence-electron chi connectivity index (χ0n) is 11.2. The first-order valence-corrected chi connectivity index (χ1v) is 6.38. The summed E-state index contributed by atoms with van der Waals surface area (Å²) in [7, 11) is 0. The molecule has 0 heterocycles. The van der Waals surface area contributed by atoms with E-state index in [9.17, 15) is 14.7 Å². The van der Waals surface area contributed by atoms with E-state index in [4.69, 9.17) is 10.8 Å². The van der Waals surface area contributed by atoms with Crippen molar-refractivity contribution in [2.24, 2.45) is 5.73 Å². The second kappa shape index (κ2) is 6.19. The lowest BCUT2D eigenvalue weighted by atomic mass is 10.00. The Labute approximate surface area is 121 Å². The van der Waals surface area contributed by atoms with Gasteiger partial charge >= 0.3 is 5.97 Å². The van der Waals surface area contributed by atoms with Crippen molar-refractivity contribution >= 4 is 11.8 Å². The third-order valence-electron chi connectivity index (χ3n) is 3.12. The number of carboxylic acids is 1. The number of aliphatic carboxylic acids is 1. The third-order valence-corrected chi connectivity index (χ3v) is 3.12. The van der Waals surface area contributed by atoms with Crippen molar-refractivity contribution in [3.63, 3.8) is 0 Å². The number of carbonyl (C=O) groups excluding carboxylic acids is 1. The quantitative estimate of drug-likeness (QED) is 0.724. The Morgan fingerprint density at radius 1 is 0.952 bits per heavy atom. The molecule has 0 spiro atoms. The van der Waals surface area contributed by atoms with Gasteiger partial charge in [-0.1, -0.05) is 24.3 Å². The number of hydrogen-bond donors (Lipinski definition) is 3. The van der Waals surface area contributed by atoms with E-state index in [1.54, 1.807) is 36.4 Å². The molecule has 2 rings (SSSR count). The number of carboxylic acid groups (broad SMARTS) is 1. The van der Waals surface area contributed by atoms with Crippen LogP contribution in [-0.2, 0) is 11.2 Å². The van der Waals surface area contributed by atoms with Crippen LogP contribution in [0.5, 0.6) is 5.75 Å². The van der Waals surface area contributed by atoms with E-state index in [2.05, 4.69) is 0 Å². The molecule has 5 nitrogen and oxygen atoms in total. The first-order valence-electron chi connectivity index (χ1n) is 6.38. The lowest BCUT2D eigenvalue weighted by Gasteiger charge is -2.07. The molecule has 0 saturated heterocycles. The van der Waals surface area contributed by atoms with Crippen LogP contribution < -0.4 is 5.73 Å². The highest BCUT2D eigenvalue weighted by atomic mass is 16.4. The van der Waals surface area contributed by atoms with Crippen LogP contribution in [0.3, 0.4) is 0 Å². The number of carbonyl (C=O) groups is 2. The summed E-state index contributed by atoms with van der Waals surface area (Å²) in [5.41, 5.74) is 7.19. The fourth-order valence-corrected chi connectivity index (χ4v) is 1.91. The van der Waals surface area contributed by atoms with Gasteiger partial charge in [-0.25, -0.2) is 0 Å². The Bertz CT molecular complexity index is 647. The Morgan fingerprint density at radius 2 is 1.43 bits per heavy atom. The van der Waals surface area contributed by atoms with Crippen molar-refractivity contribution in [3.8, 4) is 5.75 Å². The SMILES string of the molecule is NC(Cc1ccc(C(=O)c2ccc(O)cc2)cc1)C(=O)O. The molecule has 2 aromatic carbocycles. The van der Waals surface area contributed by atoms with Crippen molar-refractivity contribution in [1.82, 2.24) is 0 Å². The van der Waals surface area contributed by atoms with Crippen LogP contribution in [0.4, 0.5) is 0 Å². The van der Waals surface area contributed by atoms with Crippen molar-refractivity contribution in [3.05, 3.63) is 65.2 Å². The molecule has 4 N–H and O–H groups in total. The molecule has 0 radical (unpaired) electrons. The van der Waals surface area contributed by atoms with Crippen molar-refractivity contribution < 1.29 is 19.8 Å². The summed E-state index contributed by atoms with van der Waals surface area (Å²) in [6, 6.07) is 11.7. The molecule has 0 bridgehead atoms. The summed E-state index contributed by atoms with van der Waals surface area (Å²) in [5, 5.41) is 18.0. The minimum Gasteiger partial charge on any atom is -0.508 e. The highest BCUT2D eigenvalue weighted by Gasteiger charge is 2.13. The number of ketones is 1. The van der Waals surface area contributed by atoms with Crippen molar-refractivity contribution in [2.45, 2.75) is 12.5 Å². The van der Waals surface area contributed by atoms with Gasteiger partial charge < -0.3 is 15.9 Å². The molecule has 0 saturated carbocycles. The molecule has 0 amide bonds. The number of rotatable bonds is 5. The van der Waals surface area contributed by atoms with Gasteiger partial charge in [0.05, 0.1) is 0 Å². The van der Waals surface area contributed by atoms with Gasteiger partial charge in [-0.3, -0.25) is 9.59 Å². The van der Waals surface area contributed by atoms with Gasteiger partial charge in [-0.05, 0) is 36.2 Å². The maximum Gasteiger partial charge on any atom is 0.320 e. The van der Waals surface area contributed by atoms with Crippen LogP contribution in [0.15, 0.2) is 48.5 Å². The van der Waals surface area contributed by atoms with Crippen LogP contribution in [0.2, 0.25) is 0 Å². The molecular formula is C16H15NO4. The van der Waals surface area contributed by atoms with Crippen LogP contribution >= 0.6 is 0 Å². The first-order chi connectivity index (χ1) is 9.97. The van der Waals surface area contributed by atoms with Crippen molar-refractivity contribution in [2.75, 3.05) is 0 Å². The van der Waals surface area contributed by atoms with Gasteiger partial charge in [-0.2, -0.15) is 0 Å². The summed E-state index contributed by atoms with van der Waals surface area (Å²) in [5.74, 6) is -1.12. The summed E-state index contributed by atoms with van der Waals surface area (Å²) >= 11 is 0. The molecule has 108 valence electrons. The van der Waals surface area contributed by atoms with E-state index in [-0.39, 0.29) is 18.0 Å². The minimum absolute atomic E-state index is 0.101. The van der Waals surface area contributed by atoms with E-state index in [1.165, 1.54) is 12.1 Å². The van der Waals surface area contributed by atoms with Gasteiger partial charge in [0.2, 0.25) is 0 Å². The topological polar surface area (TPSA) is 101 Å². The van der Waals surface area contributed by atoms with E-state index >= 15 is 0 Å². The maximum atomic E-state index is 12.2. The third kappa shape index (κ3) is 3.67. The van der Waals surface area contributed by atoms with Crippen LogP contribution in [-0.4, -0.2) is 28.0 Å². The van der Waals surface area contributed by atoms with Crippen LogP contribution in [0.1, 0.15) is 21.5 Å². The zero-order chi connectivity index (χ0) is 15.4. The number of benzene rings is 2. The Balaban J connectivity index is 2.13. The molecule has 5 heteroatoms.